The molecule has 7 heteroatoms. The van der Waals surface area contributed by atoms with E-state index in [0.29, 0.717) is 30.1 Å². The van der Waals surface area contributed by atoms with Gasteiger partial charge >= 0.3 is 0 Å². The zero-order valence-corrected chi connectivity index (χ0v) is 16.6. The van der Waals surface area contributed by atoms with Crippen LogP contribution in [0.25, 0.3) is 0 Å². The summed E-state index contributed by atoms with van der Waals surface area (Å²) in [6, 6.07) is 5.41. The molecule has 0 amide bonds. The topological polar surface area (TPSA) is 36.9 Å². The highest BCUT2D eigenvalue weighted by atomic mass is 19.1. The molecule has 0 radical (unpaired) electrons. The molecule has 0 saturated carbocycles. The minimum atomic E-state index is -0.700. The molecule has 0 aromatic heterocycles. The van der Waals surface area contributed by atoms with Gasteiger partial charge < -0.3 is 18.9 Å². The molecule has 0 aliphatic carbocycles. The number of fused-ring (bicyclic) bond motifs is 2. The normalized spacial score (nSPS) is 28.1. The average Bonchev–Trinajstić information content (AvgIpc) is 2.73. The van der Waals surface area contributed by atoms with Crippen LogP contribution in [-0.2, 0) is 22.3 Å². The average molecular weight is 420 g/mol. The van der Waals surface area contributed by atoms with E-state index in [2.05, 4.69) is 6.92 Å². The summed E-state index contributed by atoms with van der Waals surface area (Å²) in [5, 5.41) is 0. The lowest BCUT2D eigenvalue weighted by Crippen LogP contribution is -2.41. The molecule has 3 aliphatic rings. The fourth-order valence-electron chi connectivity index (χ4n) is 4.49. The van der Waals surface area contributed by atoms with Crippen molar-refractivity contribution in [2.75, 3.05) is 26.4 Å². The van der Waals surface area contributed by atoms with E-state index in [1.165, 1.54) is 6.07 Å². The van der Waals surface area contributed by atoms with E-state index in [-0.39, 0.29) is 43.2 Å². The van der Waals surface area contributed by atoms with Crippen molar-refractivity contribution >= 4 is 0 Å². The number of hydrogen-bond donors (Lipinski definition) is 0. The molecule has 0 N–H and O–H groups in total. The lowest BCUT2D eigenvalue weighted by Gasteiger charge is -2.36. The molecule has 3 heterocycles. The first-order valence-electron chi connectivity index (χ1n) is 10.3. The Kier molecular flexibility index (Phi) is 5.11. The molecule has 0 bridgehead atoms. The van der Waals surface area contributed by atoms with Crippen LogP contribution in [0.2, 0.25) is 0 Å². The number of rotatable bonds is 2. The summed E-state index contributed by atoms with van der Waals surface area (Å²) in [7, 11) is 0. The van der Waals surface area contributed by atoms with Gasteiger partial charge in [0.25, 0.3) is 0 Å². The maximum absolute atomic E-state index is 14.7. The van der Waals surface area contributed by atoms with E-state index in [1.807, 2.05) is 0 Å². The third-order valence-corrected chi connectivity index (χ3v) is 6.03. The molecule has 30 heavy (non-hydrogen) atoms. The van der Waals surface area contributed by atoms with Gasteiger partial charge in [-0.1, -0.05) is 6.92 Å². The van der Waals surface area contributed by atoms with Crippen molar-refractivity contribution < 1.29 is 32.1 Å². The van der Waals surface area contributed by atoms with Crippen molar-refractivity contribution in [1.29, 1.82) is 0 Å². The molecule has 2 aromatic carbocycles. The number of ether oxygens (including phenoxy) is 4. The van der Waals surface area contributed by atoms with Gasteiger partial charge in [-0.3, -0.25) is 0 Å². The molecular weight excluding hydrogens is 397 g/mol. The van der Waals surface area contributed by atoms with Crippen molar-refractivity contribution in [3.05, 3.63) is 58.4 Å². The van der Waals surface area contributed by atoms with E-state index < -0.39 is 17.9 Å². The zero-order chi connectivity index (χ0) is 20.8. The summed E-state index contributed by atoms with van der Waals surface area (Å²) in [5.74, 6) is -0.870. The summed E-state index contributed by atoms with van der Waals surface area (Å²) >= 11 is 0. The van der Waals surface area contributed by atoms with Crippen molar-refractivity contribution in [2.24, 2.45) is 11.8 Å². The van der Waals surface area contributed by atoms with Gasteiger partial charge in [-0.05, 0) is 48.1 Å². The van der Waals surface area contributed by atoms with Gasteiger partial charge in [0.2, 0.25) is 0 Å². The number of halogens is 3. The predicted octanol–water partition coefficient (Wildman–Crippen LogP) is 4.38. The third-order valence-electron chi connectivity index (χ3n) is 6.03. The van der Waals surface area contributed by atoms with Gasteiger partial charge in [-0.25, -0.2) is 13.2 Å². The van der Waals surface area contributed by atoms with E-state index in [0.717, 1.165) is 23.8 Å². The Bertz CT molecular complexity index is 956. The molecule has 1 fully saturated rings. The zero-order valence-electron chi connectivity index (χ0n) is 16.6. The van der Waals surface area contributed by atoms with E-state index in [9.17, 15) is 13.2 Å². The Morgan fingerprint density at radius 2 is 1.60 bits per heavy atom. The van der Waals surface area contributed by atoms with Crippen molar-refractivity contribution in [3.63, 3.8) is 0 Å². The van der Waals surface area contributed by atoms with Crippen molar-refractivity contribution in [1.82, 2.24) is 0 Å². The van der Waals surface area contributed by atoms with Crippen LogP contribution in [0.3, 0.4) is 0 Å². The lowest BCUT2D eigenvalue weighted by atomic mass is 9.92. The molecule has 4 nitrogen and oxygen atoms in total. The summed E-state index contributed by atoms with van der Waals surface area (Å²) in [5.41, 5.74) is 1.88. The van der Waals surface area contributed by atoms with Gasteiger partial charge in [0.15, 0.2) is 17.9 Å². The van der Waals surface area contributed by atoms with Crippen LogP contribution in [0.4, 0.5) is 13.2 Å². The minimum Gasteiger partial charge on any atom is -0.493 e. The highest BCUT2D eigenvalue weighted by Gasteiger charge is 2.35. The van der Waals surface area contributed by atoms with Gasteiger partial charge in [0.1, 0.15) is 17.4 Å². The summed E-state index contributed by atoms with van der Waals surface area (Å²) in [6.45, 7) is 3.50. The first-order valence-corrected chi connectivity index (χ1v) is 10.3. The van der Waals surface area contributed by atoms with Gasteiger partial charge in [-0.15, -0.1) is 0 Å². The van der Waals surface area contributed by atoms with Crippen LogP contribution in [0.1, 0.15) is 29.5 Å². The second-order valence-corrected chi connectivity index (χ2v) is 8.48. The highest BCUT2D eigenvalue weighted by Crippen LogP contribution is 2.37. The molecule has 5 rings (SSSR count). The Morgan fingerprint density at radius 3 is 2.40 bits per heavy atom. The van der Waals surface area contributed by atoms with Crippen LogP contribution < -0.4 is 9.47 Å². The van der Waals surface area contributed by atoms with Crippen molar-refractivity contribution in [2.45, 2.75) is 32.0 Å². The van der Waals surface area contributed by atoms with E-state index >= 15 is 0 Å². The monoisotopic (exact) mass is 420 g/mol. The fourth-order valence-corrected chi connectivity index (χ4v) is 4.49. The third kappa shape index (κ3) is 3.65. The molecule has 160 valence electrons. The second kappa shape index (κ2) is 7.78. The Hall–Kier alpha value is -2.25. The Morgan fingerprint density at radius 1 is 0.800 bits per heavy atom. The molecular formula is C23H23F3O4. The molecule has 0 unspecified atom stereocenters. The molecule has 2 atom stereocenters. The molecule has 2 aromatic rings. The summed E-state index contributed by atoms with van der Waals surface area (Å²) < 4.78 is 65.1. The van der Waals surface area contributed by atoms with Crippen LogP contribution in [0.15, 0.2) is 24.3 Å². The van der Waals surface area contributed by atoms with Crippen LogP contribution in [0, 0.1) is 29.3 Å². The first-order chi connectivity index (χ1) is 14.5. The minimum absolute atomic E-state index is 0.0896. The molecule has 0 spiro atoms. The van der Waals surface area contributed by atoms with E-state index in [4.69, 9.17) is 18.9 Å². The van der Waals surface area contributed by atoms with Crippen LogP contribution in [0.5, 0.6) is 11.5 Å². The maximum Gasteiger partial charge on any atom is 0.168 e. The maximum atomic E-state index is 14.7. The van der Waals surface area contributed by atoms with Gasteiger partial charge in [0, 0.05) is 23.5 Å². The first kappa shape index (κ1) is 19.7. The lowest BCUT2D eigenvalue weighted by molar-refractivity contribution is -0.218. The summed E-state index contributed by atoms with van der Waals surface area (Å²) in [4.78, 5) is 0. The highest BCUT2D eigenvalue weighted by molar-refractivity contribution is 5.42. The summed E-state index contributed by atoms with van der Waals surface area (Å²) in [6.07, 6.45) is 0.619. The van der Waals surface area contributed by atoms with Gasteiger partial charge in [0.05, 0.1) is 26.4 Å². The quantitative estimate of drug-likeness (QED) is 0.723. The smallest absolute Gasteiger partial charge is 0.168 e. The van der Waals surface area contributed by atoms with E-state index in [1.54, 1.807) is 12.1 Å². The second-order valence-electron chi connectivity index (χ2n) is 8.48. The van der Waals surface area contributed by atoms with Crippen LogP contribution in [-0.4, -0.2) is 32.7 Å². The standard InChI is InChI=1S/C23H23F3O4/c1-12-2-13-5-19(25)18(7-21(13)27-8-12)16-10-29-23(30-11-16)15-3-14-4-17(24)6-20(26)22(14)28-9-15/h4-7,12,15-16,23H,2-3,8-11H2,1H3/t12-,15-,16?,23?/m1/s1. The Balaban J connectivity index is 1.26. The molecule has 3 aliphatic heterocycles. The van der Waals surface area contributed by atoms with Gasteiger partial charge in [-0.2, -0.15) is 0 Å². The fraction of sp³-hybridized carbons (Fsp3) is 0.478. The van der Waals surface area contributed by atoms with Crippen molar-refractivity contribution in [3.8, 4) is 11.5 Å². The van der Waals surface area contributed by atoms with Crippen LogP contribution >= 0.6 is 0 Å². The molecule has 1 saturated heterocycles. The number of benzene rings is 2. The SMILES string of the molecule is C[C@H]1COc2cc(C3COC([C@H]4COc5c(F)cc(F)cc5C4)OC3)c(F)cc2C1. The number of hydrogen-bond acceptors (Lipinski definition) is 4. The predicted molar refractivity (Wildman–Crippen MR) is 102 cm³/mol. The Labute approximate surface area is 172 Å². The largest absolute Gasteiger partial charge is 0.493 e.